The summed E-state index contributed by atoms with van der Waals surface area (Å²) < 4.78 is 30.0. The fourth-order valence-electron chi connectivity index (χ4n) is 0.0833. The van der Waals surface area contributed by atoms with Gasteiger partial charge in [0, 0.05) is 6.08 Å². The van der Waals surface area contributed by atoms with E-state index < -0.39 is 16.1 Å². The summed E-state index contributed by atoms with van der Waals surface area (Å²) in [6.07, 6.45) is 1.83. The molecule has 0 aliphatic heterocycles. The summed E-state index contributed by atoms with van der Waals surface area (Å²) in [6.45, 7) is 3.16. The number of ether oxygens (including phenoxy) is 1. The smallest absolute Gasteiger partial charge is 1.00 e. The van der Waals surface area contributed by atoms with Crippen molar-refractivity contribution in [3.63, 3.8) is 0 Å². The minimum Gasteiger partial charge on any atom is -1.00 e. The topological polar surface area (TPSA) is 80.7 Å². The zero-order valence-corrected chi connectivity index (χ0v) is 10.1. The third-order valence-electron chi connectivity index (χ3n) is 0.368. The minimum absolute atomic E-state index is 0. The zero-order valence-electron chi connectivity index (χ0n) is 8.27. The largest absolute Gasteiger partial charge is 1.00 e. The van der Waals surface area contributed by atoms with Gasteiger partial charge in [0.1, 0.15) is 0 Å². The van der Waals surface area contributed by atoms with Crippen molar-refractivity contribution in [1.82, 2.24) is 0 Å². The monoisotopic (exact) mass is 206 g/mol. The Bertz CT molecular complexity index is 217. The first-order chi connectivity index (χ1) is 4.81. The number of esters is 1. The molecule has 0 aliphatic rings. The van der Waals surface area contributed by atoms with Crippen molar-refractivity contribution < 1.29 is 53.5 Å². The maximum absolute atomic E-state index is 9.84. The number of rotatable bonds is 1. The summed E-state index contributed by atoms with van der Waals surface area (Å²) in [5.74, 6) is -0.394. The van der Waals surface area contributed by atoms with Gasteiger partial charge in [0.25, 0.3) is 10.1 Å². The third kappa shape index (κ3) is 49.6. The maximum atomic E-state index is 9.84. The molecule has 0 spiro atoms. The molecule has 0 saturated heterocycles. The van der Waals surface area contributed by atoms with Crippen molar-refractivity contribution in [2.24, 2.45) is 0 Å². The Morgan fingerprint density at radius 1 is 1.67 bits per heavy atom. The van der Waals surface area contributed by atoms with E-state index in [0.29, 0.717) is 6.26 Å². The number of carbonyl (C=O) groups is 1. The Hall–Kier alpha value is 0.120. The number of carbonyl (C=O) groups excluding carboxylic acids is 1. The molecule has 0 amide bonds. The Kier molecular flexibility index (Phi) is 13.8. The molecule has 0 aromatic carbocycles. The number of methoxy groups -OCH3 is 1. The fraction of sp³-hybridized carbons (Fsp3) is 0.400. The molecular weight excluding hydrogens is 195 g/mol. The molecule has 0 radical (unpaired) electrons. The molecule has 0 aromatic heterocycles. The average Bonchev–Trinajstić information content (AvgIpc) is 1.83. The molecule has 0 rings (SSSR count). The van der Waals surface area contributed by atoms with E-state index >= 15 is 0 Å². The van der Waals surface area contributed by atoms with Gasteiger partial charge in [-0.1, -0.05) is 6.58 Å². The van der Waals surface area contributed by atoms with Gasteiger partial charge in [-0.15, -0.1) is 0 Å². The van der Waals surface area contributed by atoms with Gasteiger partial charge < -0.3 is 6.16 Å². The van der Waals surface area contributed by atoms with E-state index in [9.17, 15) is 13.2 Å². The summed E-state index contributed by atoms with van der Waals surface area (Å²) in [5, 5.41) is 0. The third-order valence-corrected chi connectivity index (χ3v) is 0.368. The van der Waals surface area contributed by atoms with Gasteiger partial charge >= 0.3 is 35.5 Å². The van der Waals surface area contributed by atoms with E-state index in [4.69, 9.17) is 4.55 Å². The standard InChI is InChI=1S/C4H6O2.CH4O3S.Na.H/c1-3-4(5)6-2;1-5(2,3)4;;/h3H,1H2,2H3;1H3,(H,2,3,4);;/q;;+1;-1. The van der Waals surface area contributed by atoms with E-state index in [-0.39, 0.29) is 31.0 Å². The van der Waals surface area contributed by atoms with Crippen LogP contribution in [0, 0.1) is 0 Å². The van der Waals surface area contributed by atoms with Gasteiger partial charge in [-0.2, -0.15) is 8.42 Å². The van der Waals surface area contributed by atoms with Gasteiger partial charge in [-0.05, 0) is 0 Å². The van der Waals surface area contributed by atoms with Gasteiger partial charge in [0.05, 0.1) is 13.4 Å². The normalized spacial score (nSPS) is 8.25. The first-order valence-corrected chi connectivity index (χ1v) is 4.29. The van der Waals surface area contributed by atoms with Gasteiger partial charge in [-0.25, -0.2) is 4.79 Å². The minimum atomic E-state index is -3.67. The SMILES string of the molecule is C=CC(=O)OC.CS(=O)(=O)O.[H-].[Na+]. The van der Waals surface area contributed by atoms with Crippen LogP contribution in [0.1, 0.15) is 1.43 Å². The maximum Gasteiger partial charge on any atom is 1.00 e. The van der Waals surface area contributed by atoms with Crippen molar-refractivity contribution in [2.75, 3.05) is 13.4 Å². The van der Waals surface area contributed by atoms with Crippen LogP contribution in [0.5, 0.6) is 0 Å². The van der Waals surface area contributed by atoms with Gasteiger partial charge in [0.15, 0.2) is 0 Å². The van der Waals surface area contributed by atoms with E-state index in [2.05, 4.69) is 11.3 Å². The van der Waals surface area contributed by atoms with Gasteiger partial charge in [0.2, 0.25) is 0 Å². The van der Waals surface area contributed by atoms with Crippen LogP contribution in [0.2, 0.25) is 0 Å². The van der Waals surface area contributed by atoms with Crippen LogP contribution in [0.4, 0.5) is 0 Å². The van der Waals surface area contributed by atoms with Crippen molar-refractivity contribution in [3.8, 4) is 0 Å². The van der Waals surface area contributed by atoms with E-state index in [0.717, 1.165) is 6.08 Å². The van der Waals surface area contributed by atoms with Crippen molar-refractivity contribution >= 4 is 16.1 Å². The van der Waals surface area contributed by atoms with Crippen LogP contribution in [-0.4, -0.2) is 32.3 Å². The summed E-state index contributed by atoms with van der Waals surface area (Å²) in [7, 11) is -2.36. The van der Waals surface area contributed by atoms with Crippen molar-refractivity contribution in [1.29, 1.82) is 0 Å². The summed E-state index contributed by atoms with van der Waals surface area (Å²) in [6, 6.07) is 0. The molecule has 0 aromatic rings. The van der Waals surface area contributed by atoms with Crippen molar-refractivity contribution in [3.05, 3.63) is 12.7 Å². The Morgan fingerprint density at radius 3 is 1.92 bits per heavy atom. The molecule has 0 unspecified atom stereocenters. The second-order valence-electron chi connectivity index (χ2n) is 1.46. The molecule has 0 atom stereocenters. The summed E-state index contributed by atoms with van der Waals surface area (Å²) in [5.41, 5.74) is 0. The second kappa shape index (κ2) is 9.21. The quantitative estimate of drug-likeness (QED) is 0.213. The second-order valence-corrected chi connectivity index (χ2v) is 2.93. The van der Waals surface area contributed by atoms with Crippen LogP contribution in [0.15, 0.2) is 12.7 Å². The fourth-order valence-corrected chi connectivity index (χ4v) is 0.0833. The molecule has 68 valence electrons. The zero-order chi connectivity index (χ0) is 9.49. The van der Waals surface area contributed by atoms with E-state index in [1.807, 2.05) is 0 Å². The summed E-state index contributed by atoms with van der Waals surface area (Å²) >= 11 is 0. The molecule has 5 nitrogen and oxygen atoms in total. The van der Waals surface area contributed by atoms with Gasteiger partial charge in [-0.3, -0.25) is 4.55 Å². The molecule has 0 saturated carbocycles. The Morgan fingerprint density at radius 2 is 1.92 bits per heavy atom. The molecule has 0 bridgehead atoms. The van der Waals surface area contributed by atoms with E-state index in [1.54, 1.807) is 0 Å². The summed E-state index contributed by atoms with van der Waals surface area (Å²) in [4.78, 5) is 9.84. The number of hydrogen-bond acceptors (Lipinski definition) is 4. The Balaban J connectivity index is -0.0000000546. The van der Waals surface area contributed by atoms with Crippen LogP contribution >= 0.6 is 0 Å². The molecule has 1 N–H and O–H groups in total. The molecule has 0 aliphatic carbocycles. The first kappa shape index (κ1) is 18.0. The first-order valence-electron chi connectivity index (χ1n) is 2.44. The molecular formula is C5H11NaO5S. The molecule has 0 heterocycles. The van der Waals surface area contributed by atoms with E-state index in [1.165, 1.54) is 7.11 Å². The van der Waals surface area contributed by atoms with Crippen LogP contribution in [0.3, 0.4) is 0 Å². The Labute approximate surface area is 95.3 Å². The molecule has 7 heteroatoms. The number of hydrogen-bond donors (Lipinski definition) is 1. The predicted molar refractivity (Wildman–Crippen MR) is 40.8 cm³/mol. The average molecular weight is 206 g/mol. The van der Waals surface area contributed by atoms with Crippen LogP contribution in [-0.2, 0) is 19.6 Å². The molecule has 12 heavy (non-hydrogen) atoms. The van der Waals surface area contributed by atoms with Crippen LogP contribution in [0.25, 0.3) is 0 Å². The van der Waals surface area contributed by atoms with Crippen LogP contribution < -0.4 is 29.6 Å². The molecule has 0 fully saturated rings. The van der Waals surface area contributed by atoms with Crippen molar-refractivity contribution in [2.45, 2.75) is 0 Å². The predicted octanol–water partition coefficient (Wildman–Crippen LogP) is -3.03.